The van der Waals surface area contributed by atoms with Crippen LogP contribution in [0, 0.1) is 0 Å². The average molecular weight is 330 g/mol. The zero-order chi connectivity index (χ0) is 16.1. The number of pyridine rings is 2. The Morgan fingerprint density at radius 2 is 2.04 bits per heavy atom. The van der Waals surface area contributed by atoms with Crippen molar-refractivity contribution in [2.45, 2.75) is 18.0 Å². The lowest BCUT2D eigenvalue weighted by molar-refractivity contribution is 0.576. The van der Waals surface area contributed by atoms with Crippen LogP contribution in [0.15, 0.2) is 59.8 Å². The number of sulfonamides is 1. The summed E-state index contributed by atoms with van der Waals surface area (Å²) in [5, 5.41) is 0.0282. The number of nitrogens with one attached hydrogen (secondary N) is 1. The van der Waals surface area contributed by atoms with E-state index in [1.165, 1.54) is 6.07 Å². The molecule has 2 aromatic rings. The van der Waals surface area contributed by atoms with E-state index >= 15 is 0 Å². The van der Waals surface area contributed by atoms with Crippen molar-refractivity contribution in [3.05, 3.63) is 60.4 Å². The van der Waals surface area contributed by atoms with E-state index < -0.39 is 10.0 Å². The van der Waals surface area contributed by atoms with Crippen LogP contribution in [0.4, 0.5) is 5.82 Å². The Balaban J connectivity index is 1.75. The summed E-state index contributed by atoms with van der Waals surface area (Å²) in [5.74, 6) is 0.676. The van der Waals surface area contributed by atoms with Crippen molar-refractivity contribution >= 4 is 15.8 Å². The Morgan fingerprint density at radius 3 is 2.78 bits per heavy atom. The molecular weight excluding hydrogens is 312 g/mol. The first-order chi connectivity index (χ1) is 11.1. The third-order valence-electron chi connectivity index (χ3n) is 3.54. The molecule has 3 heterocycles. The second-order valence-corrected chi connectivity index (χ2v) is 6.90. The molecule has 3 rings (SSSR count). The maximum absolute atomic E-state index is 12.4. The number of hydrogen-bond donors (Lipinski definition) is 1. The summed E-state index contributed by atoms with van der Waals surface area (Å²) in [6.07, 6.45) is 6.75. The molecule has 1 aliphatic rings. The fourth-order valence-electron chi connectivity index (χ4n) is 2.32. The van der Waals surface area contributed by atoms with Crippen LogP contribution in [0.5, 0.6) is 0 Å². The highest BCUT2D eigenvalue weighted by Gasteiger charge is 2.18. The third-order valence-corrected chi connectivity index (χ3v) is 4.84. The molecule has 23 heavy (non-hydrogen) atoms. The minimum Gasteiger partial charge on any atom is -0.353 e. The molecule has 2 aromatic heterocycles. The van der Waals surface area contributed by atoms with Gasteiger partial charge in [0.25, 0.3) is 10.0 Å². The molecule has 0 atom stereocenters. The maximum atomic E-state index is 12.4. The van der Waals surface area contributed by atoms with Crippen molar-refractivity contribution in [1.82, 2.24) is 14.7 Å². The highest BCUT2D eigenvalue weighted by Crippen LogP contribution is 2.17. The van der Waals surface area contributed by atoms with E-state index in [2.05, 4.69) is 31.7 Å². The van der Waals surface area contributed by atoms with Crippen LogP contribution in [0.2, 0.25) is 0 Å². The van der Waals surface area contributed by atoms with Crippen molar-refractivity contribution in [3.63, 3.8) is 0 Å². The Bertz CT molecular complexity index is 791. The van der Waals surface area contributed by atoms with Gasteiger partial charge in [0.2, 0.25) is 0 Å². The molecule has 0 saturated heterocycles. The lowest BCUT2D eigenvalue weighted by Gasteiger charge is -2.24. The molecule has 0 aromatic carbocycles. The van der Waals surface area contributed by atoms with E-state index in [4.69, 9.17) is 0 Å². The normalized spacial score (nSPS) is 14.9. The van der Waals surface area contributed by atoms with E-state index in [1.807, 2.05) is 12.1 Å². The Hall–Kier alpha value is -2.25. The molecule has 0 radical (unpaired) electrons. The zero-order valence-corrected chi connectivity index (χ0v) is 13.4. The average Bonchev–Trinajstić information content (AvgIpc) is 2.62. The summed E-state index contributed by atoms with van der Waals surface area (Å²) < 4.78 is 27.3. The van der Waals surface area contributed by atoms with Crippen LogP contribution >= 0.6 is 0 Å². The smallest absolute Gasteiger partial charge is 0.258 e. The second-order valence-electron chi connectivity index (χ2n) is 5.19. The number of aromatic nitrogens is 2. The van der Waals surface area contributed by atoms with E-state index in [1.54, 1.807) is 24.4 Å². The van der Waals surface area contributed by atoms with Crippen LogP contribution in [-0.4, -0.2) is 31.5 Å². The molecule has 0 saturated carbocycles. The van der Waals surface area contributed by atoms with Gasteiger partial charge in [0, 0.05) is 19.3 Å². The van der Waals surface area contributed by atoms with Crippen LogP contribution in [0.25, 0.3) is 0 Å². The quantitative estimate of drug-likeness (QED) is 0.845. The van der Waals surface area contributed by atoms with Crippen molar-refractivity contribution in [2.75, 3.05) is 18.0 Å². The minimum atomic E-state index is -3.67. The van der Waals surface area contributed by atoms with Gasteiger partial charge < -0.3 is 4.90 Å². The lowest BCUT2D eigenvalue weighted by atomic mass is 10.2. The van der Waals surface area contributed by atoms with Crippen LogP contribution in [-0.2, 0) is 16.6 Å². The fraction of sp³-hybridized carbons (Fsp3) is 0.250. The molecular formula is C16H18N4O2S. The van der Waals surface area contributed by atoms with Gasteiger partial charge in [0.05, 0.1) is 12.2 Å². The first kappa shape index (κ1) is 15.6. The topological polar surface area (TPSA) is 75.2 Å². The monoisotopic (exact) mass is 330 g/mol. The second kappa shape index (κ2) is 6.89. The molecule has 0 amide bonds. The van der Waals surface area contributed by atoms with Crippen molar-refractivity contribution in [1.29, 1.82) is 0 Å². The van der Waals surface area contributed by atoms with Gasteiger partial charge >= 0.3 is 0 Å². The third kappa shape index (κ3) is 3.94. The van der Waals surface area contributed by atoms with Gasteiger partial charge in [-0.05, 0) is 30.7 Å². The van der Waals surface area contributed by atoms with E-state index in [0.717, 1.165) is 19.5 Å². The van der Waals surface area contributed by atoms with Gasteiger partial charge in [-0.2, -0.15) is 0 Å². The number of rotatable bonds is 5. The lowest BCUT2D eigenvalue weighted by Crippen LogP contribution is -2.29. The fourth-order valence-corrected chi connectivity index (χ4v) is 3.28. The van der Waals surface area contributed by atoms with Crippen molar-refractivity contribution < 1.29 is 8.42 Å². The summed E-state index contributed by atoms with van der Waals surface area (Å²) in [4.78, 5) is 10.5. The molecule has 0 unspecified atom stereocenters. The number of nitrogens with zero attached hydrogens (tertiary/aromatic N) is 3. The first-order valence-corrected chi connectivity index (χ1v) is 8.90. The summed E-state index contributed by atoms with van der Waals surface area (Å²) in [5.41, 5.74) is 0.661. The van der Waals surface area contributed by atoms with Crippen LogP contribution in [0.1, 0.15) is 12.1 Å². The van der Waals surface area contributed by atoms with E-state index in [0.29, 0.717) is 11.5 Å². The molecule has 1 N–H and O–H groups in total. The van der Waals surface area contributed by atoms with Gasteiger partial charge in [-0.15, -0.1) is 0 Å². The van der Waals surface area contributed by atoms with Gasteiger partial charge in [-0.3, -0.25) is 4.98 Å². The molecule has 6 nitrogen and oxygen atoms in total. The number of anilines is 1. The van der Waals surface area contributed by atoms with E-state index in [-0.39, 0.29) is 11.6 Å². The van der Waals surface area contributed by atoms with E-state index in [9.17, 15) is 8.42 Å². The SMILES string of the molecule is O=S(=O)(NCc1ccccn1)c1cccc(N2CC=CCC2)n1. The predicted molar refractivity (Wildman–Crippen MR) is 88.5 cm³/mol. The summed E-state index contributed by atoms with van der Waals surface area (Å²) in [6, 6.07) is 10.4. The highest BCUT2D eigenvalue weighted by molar-refractivity contribution is 7.89. The van der Waals surface area contributed by atoms with Crippen molar-refractivity contribution in [2.24, 2.45) is 0 Å². The highest BCUT2D eigenvalue weighted by atomic mass is 32.2. The Kier molecular flexibility index (Phi) is 4.68. The largest absolute Gasteiger partial charge is 0.353 e. The van der Waals surface area contributed by atoms with Gasteiger partial charge in [0.1, 0.15) is 5.82 Å². The van der Waals surface area contributed by atoms with Crippen LogP contribution < -0.4 is 9.62 Å². The Labute approximate surface area is 135 Å². The molecule has 1 aliphatic heterocycles. The molecule has 120 valence electrons. The summed E-state index contributed by atoms with van der Waals surface area (Å²) >= 11 is 0. The molecule has 0 spiro atoms. The van der Waals surface area contributed by atoms with Gasteiger partial charge in [-0.25, -0.2) is 18.1 Å². The summed E-state index contributed by atoms with van der Waals surface area (Å²) in [6.45, 7) is 1.73. The summed E-state index contributed by atoms with van der Waals surface area (Å²) in [7, 11) is -3.67. The standard InChI is InChI=1S/C16H18N4O2S/c21-23(22,18-13-14-7-2-3-10-17-14)16-9-6-8-15(19-16)20-11-4-1-5-12-20/h1-4,6-10,18H,5,11-13H2. The molecule has 7 heteroatoms. The maximum Gasteiger partial charge on any atom is 0.258 e. The molecule has 0 aliphatic carbocycles. The number of hydrogen-bond acceptors (Lipinski definition) is 5. The zero-order valence-electron chi connectivity index (χ0n) is 12.6. The first-order valence-electron chi connectivity index (χ1n) is 7.42. The minimum absolute atomic E-state index is 0.0282. The van der Waals surface area contributed by atoms with Crippen LogP contribution in [0.3, 0.4) is 0 Å². The molecule has 0 fully saturated rings. The van der Waals surface area contributed by atoms with Gasteiger partial charge in [0.15, 0.2) is 5.03 Å². The molecule has 0 bridgehead atoms. The van der Waals surface area contributed by atoms with Gasteiger partial charge in [-0.1, -0.05) is 24.3 Å². The van der Waals surface area contributed by atoms with Crippen molar-refractivity contribution in [3.8, 4) is 0 Å². The predicted octanol–water partition coefficient (Wildman–Crippen LogP) is 1.72. The Morgan fingerprint density at radius 1 is 1.13 bits per heavy atom.